The number of carbonyl (C=O) groups excluding carboxylic acids is 1. The fourth-order valence-electron chi connectivity index (χ4n) is 1.99. The number of amides is 1. The highest BCUT2D eigenvalue weighted by atomic mass is 32.1. The Hall–Kier alpha value is -2.41. The average Bonchev–Trinajstić information content (AvgIpc) is 2.93. The van der Waals surface area contributed by atoms with Gasteiger partial charge in [0.1, 0.15) is 11.4 Å². The zero-order valence-electron chi connectivity index (χ0n) is 12.2. The lowest BCUT2D eigenvalue weighted by atomic mass is 10.0. The van der Waals surface area contributed by atoms with Crippen LogP contribution in [0.3, 0.4) is 0 Å². The Balaban J connectivity index is 2.22. The number of nitrogens with one attached hydrogen (secondary N) is 1. The molecule has 7 heteroatoms. The Kier molecular flexibility index (Phi) is 5.11. The van der Waals surface area contributed by atoms with Gasteiger partial charge in [-0.25, -0.2) is 0 Å². The molecule has 0 aliphatic rings. The first-order valence-electron chi connectivity index (χ1n) is 6.59. The quantitative estimate of drug-likeness (QED) is 0.853. The molecule has 0 saturated carbocycles. The van der Waals surface area contributed by atoms with Gasteiger partial charge in [0.15, 0.2) is 0 Å². The summed E-state index contributed by atoms with van der Waals surface area (Å²) in [4.78, 5) is 24.2. The second-order valence-electron chi connectivity index (χ2n) is 4.72. The summed E-state index contributed by atoms with van der Waals surface area (Å²) < 4.78 is 9.16. The number of methoxy groups -OCH3 is 1. The van der Waals surface area contributed by atoms with Crippen molar-refractivity contribution in [1.29, 1.82) is 0 Å². The molecular weight excluding hydrogens is 304 g/mol. The van der Waals surface area contributed by atoms with Crippen molar-refractivity contribution in [2.45, 2.75) is 19.4 Å². The van der Waals surface area contributed by atoms with Gasteiger partial charge in [0.25, 0.3) is 5.91 Å². The first-order chi connectivity index (χ1) is 10.5. The van der Waals surface area contributed by atoms with Gasteiger partial charge in [-0.05, 0) is 42.2 Å². The van der Waals surface area contributed by atoms with E-state index in [0.717, 1.165) is 4.88 Å². The summed E-state index contributed by atoms with van der Waals surface area (Å²) in [6.07, 6.45) is -0.220. The number of aryl methyl sites for hydroxylation is 1. The molecule has 22 heavy (non-hydrogen) atoms. The van der Waals surface area contributed by atoms with Crippen molar-refractivity contribution in [2.24, 2.45) is 0 Å². The third kappa shape index (κ3) is 4.05. The maximum atomic E-state index is 12.2. The van der Waals surface area contributed by atoms with Crippen LogP contribution in [0.15, 0.2) is 30.3 Å². The number of rotatable bonds is 6. The molecule has 1 amide bonds. The fourth-order valence-corrected chi connectivity index (χ4v) is 2.53. The van der Waals surface area contributed by atoms with Crippen molar-refractivity contribution in [3.63, 3.8) is 0 Å². The van der Waals surface area contributed by atoms with Gasteiger partial charge in [0, 0.05) is 4.88 Å². The Morgan fingerprint density at radius 1 is 1.41 bits per heavy atom. The first kappa shape index (κ1) is 16.0. The van der Waals surface area contributed by atoms with E-state index in [-0.39, 0.29) is 6.42 Å². The molecule has 0 saturated heterocycles. The Morgan fingerprint density at radius 2 is 2.18 bits per heavy atom. The van der Waals surface area contributed by atoms with Crippen LogP contribution < -0.4 is 10.1 Å². The average molecular weight is 320 g/mol. The van der Waals surface area contributed by atoms with Gasteiger partial charge in [0.05, 0.1) is 19.6 Å². The van der Waals surface area contributed by atoms with Crippen LogP contribution in [0.4, 0.5) is 0 Å². The van der Waals surface area contributed by atoms with E-state index in [9.17, 15) is 9.59 Å². The molecule has 116 valence electrons. The van der Waals surface area contributed by atoms with Crippen LogP contribution in [0.5, 0.6) is 5.75 Å². The smallest absolute Gasteiger partial charge is 0.305 e. The van der Waals surface area contributed by atoms with E-state index in [1.165, 1.54) is 18.6 Å². The van der Waals surface area contributed by atoms with Gasteiger partial charge in [-0.2, -0.15) is 4.37 Å². The van der Waals surface area contributed by atoms with Gasteiger partial charge in [-0.15, -0.1) is 0 Å². The van der Waals surface area contributed by atoms with Gasteiger partial charge in [-0.3, -0.25) is 9.59 Å². The fraction of sp³-hybridized carbons (Fsp3) is 0.267. The number of aliphatic carboxylic acids is 1. The number of aromatic nitrogens is 1. The van der Waals surface area contributed by atoms with E-state index in [1.54, 1.807) is 30.3 Å². The molecule has 0 spiro atoms. The molecule has 1 aromatic heterocycles. The largest absolute Gasteiger partial charge is 0.497 e. The third-order valence-corrected chi connectivity index (χ3v) is 3.73. The molecule has 0 aliphatic carbocycles. The summed E-state index contributed by atoms with van der Waals surface area (Å²) in [5.74, 6) is -0.785. The molecule has 2 rings (SSSR count). The highest BCUT2D eigenvalue weighted by molar-refractivity contribution is 7.05. The van der Waals surface area contributed by atoms with E-state index in [2.05, 4.69) is 9.69 Å². The normalized spacial score (nSPS) is 11.7. The van der Waals surface area contributed by atoms with Crippen LogP contribution in [0.1, 0.15) is 33.4 Å². The Bertz CT molecular complexity index is 684. The van der Waals surface area contributed by atoms with E-state index in [1.807, 2.05) is 6.92 Å². The Labute approximate surface area is 131 Å². The zero-order valence-corrected chi connectivity index (χ0v) is 13.0. The molecule has 0 aliphatic heterocycles. The van der Waals surface area contributed by atoms with Crippen LogP contribution in [0, 0.1) is 6.92 Å². The second-order valence-corrected chi connectivity index (χ2v) is 5.73. The first-order valence-corrected chi connectivity index (χ1v) is 7.37. The lowest BCUT2D eigenvalue weighted by Crippen LogP contribution is -2.30. The minimum atomic E-state index is -0.998. The number of hydrogen-bond donors (Lipinski definition) is 2. The maximum Gasteiger partial charge on any atom is 0.305 e. The van der Waals surface area contributed by atoms with Crippen molar-refractivity contribution in [3.05, 3.63) is 46.5 Å². The van der Waals surface area contributed by atoms with Crippen molar-refractivity contribution in [3.8, 4) is 5.75 Å². The minimum absolute atomic E-state index is 0.220. The van der Waals surface area contributed by atoms with Crippen molar-refractivity contribution in [2.75, 3.05) is 7.11 Å². The highest BCUT2D eigenvalue weighted by Gasteiger charge is 2.20. The molecule has 0 radical (unpaired) electrons. The van der Waals surface area contributed by atoms with Gasteiger partial charge in [0.2, 0.25) is 0 Å². The number of benzene rings is 1. The predicted molar refractivity (Wildman–Crippen MR) is 82.3 cm³/mol. The molecule has 1 heterocycles. The van der Waals surface area contributed by atoms with Gasteiger partial charge in [-0.1, -0.05) is 12.1 Å². The van der Waals surface area contributed by atoms with Crippen LogP contribution in [-0.2, 0) is 4.79 Å². The SMILES string of the molecule is COc1cccc(C(CC(=O)O)NC(=O)c2cc(C)sn2)c1. The topological polar surface area (TPSA) is 88.5 Å². The van der Waals surface area contributed by atoms with Crippen LogP contribution in [0.25, 0.3) is 0 Å². The molecule has 0 bridgehead atoms. The van der Waals surface area contributed by atoms with Crippen molar-refractivity contribution >= 4 is 23.4 Å². The summed E-state index contributed by atoms with van der Waals surface area (Å²) in [6, 6.07) is 7.99. The molecule has 2 aromatic rings. The predicted octanol–water partition coefficient (Wildman–Crippen LogP) is 2.41. The molecule has 1 aromatic carbocycles. The standard InChI is InChI=1S/C15H16N2O4S/c1-9-6-13(17-22-9)15(20)16-12(8-14(18)19)10-4-3-5-11(7-10)21-2/h3-7,12H,8H2,1-2H3,(H,16,20)(H,18,19). The molecule has 6 nitrogen and oxygen atoms in total. The number of carboxylic acid groups (broad SMARTS) is 1. The number of nitrogens with zero attached hydrogens (tertiary/aromatic N) is 1. The lowest BCUT2D eigenvalue weighted by Gasteiger charge is -2.17. The van der Waals surface area contributed by atoms with Crippen LogP contribution in [-0.4, -0.2) is 28.5 Å². The molecule has 2 N–H and O–H groups in total. The number of carboxylic acids is 1. The highest BCUT2D eigenvalue weighted by Crippen LogP contribution is 2.22. The van der Waals surface area contributed by atoms with E-state index in [4.69, 9.17) is 9.84 Å². The number of hydrogen-bond acceptors (Lipinski definition) is 5. The van der Waals surface area contributed by atoms with Crippen LogP contribution in [0.2, 0.25) is 0 Å². The summed E-state index contributed by atoms with van der Waals surface area (Å²) in [5.41, 5.74) is 0.961. The van der Waals surface area contributed by atoms with Crippen molar-refractivity contribution in [1.82, 2.24) is 9.69 Å². The summed E-state index contributed by atoms with van der Waals surface area (Å²) in [7, 11) is 1.53. The number of ether oxygens (including phenoxy) is 1. The van der Waals surface area contributed by atoms with Crippen molar-refractivity contribution < 1.29 is 19.4 Å². The summed E-state index contributed by atoms with van der Waals surface area (Å²) in [6.45, 7) is 1.85. The monoisotopic (exact) mass is 320 g/mol. The van der Waals surface area contributed by atoms with E-state index >= 15 is 0 Å². The van der Waals surface area contributed by atoms with Gasteiger partial charge >= 0.3 is 5.97 Å². The molecule has 1 unspecified atom stereocenters. The maximum absolute atomic E-state index is 12.2. The third-order valence-electron chi connectivity index (χ3n) is 3.04. The number of carbonyl (C=O) groups is 2. The second kappa shape index (κ2) is 7.04. The lowest BCUT2D eigenvalue weighted by molar-refractivity contribution is -0.137. The zero-order chi connectivity index (χ0) is 16.1. The molecule has 1 atom stereocenters. The minimum Gasteiger partial charge on any atom is -0.497 e. The van der Waals surface area contributed by atoms with E-state index < -0.39 is 17.9 Å². The summed E-state index contributed by atoms with van der Waals surface area (Å²) in [5, 5.41) is 11.8. The summed E-state index contributed by atoms with van der Waals surface area (Å²) >= 11 is 1.23. The molecule has 0 fully saturated rings. The van der Waals surface area contributed by atoms with Gasteiger partial charge < -0.3 is 15.2 Å². The van der Waals surface area contributed by atoms with Crippen LogP contribution >= 0.6 is 11.5 Å². The van der Waals surface area contributed by atoms with E-state index in [0.29, 0.717) is 17.0 Å². The Morgan fingerprint density at radius 3 is 2.77 bits per heavy atom. The molecular formula is C15H16N2O4S.